The van der Waals surface area contributed by atoms with E-state index in [-0.39, 0.29) is 7.21 Å². The Bertz CT molecular complexity index is 310. The summed E-state index contributed by atoms with van der Waals surface area (Å²) in [5.41, 5.74) is 2.80. The van der Waals surface area contributed by atoms with E-state index in [4.69, 9.17) is 0 Å². The SMILES string of the molecule is CNc1c(C)cccc1C(C)=O.[HH]. The van der Waals surface area contributed by atoms with Crippen LogP contribution in [-0.4, -0.2) is 12.8 Å². The van der Waals surface area contributed by atoms with Gasteiger partial charge in [-0.1, -0.05) is 12.1 Å². The second-order valence-electron chi connectivity index (χ2n) is 2.80. The Morgan fingerprint density at radius 2 is 2.17 bits per heavy atom. The fourth-order valence-corrected chi connectivity index (χ4v) is 1.29. The van der Waals surface area contributed by atoms with Gasteiger partial charge in [-0.05, 0) is 25.5 Å². The predicted octanol–water partition coefficient (Wildman–Crippen LogP) is 2.49. The summed E-state index contributed by atoms with van der Waals surface area (Å²) in [7, 11) is 1.83. The Morgan fingerprint density at radius 1 is 1.50 bits per heavy atom. The second kappa shape index (κ2) is 3.39. The molecular formula is C10H15NO. The van der Waals surface area contributed by atoms with Crippen molar-refractivity contribution >= 4 is 11.5 Å². The van der Waals surface area contributed by atoms with Crippen molar-refractivity contribution in [3.63, 3.8) is 0 Å². The largest absolute Gasteiger partial charge is 0.387 e. The highest BCUT2D eigenvalue weighted by Gasteiger charge is 2.06. The minimum atomic E-state index is 0. The minimum Gasteiger partial charge on any atom is -0.387 e. The second-order valence-corrected chi connectivity index (χ2v) is 2.80. The van der Waals surface area contributed by atoms with Crippen LogP contribution in [0.1, 0.15) is 24.3 Å². The molecule has 0 radical (unpaired) electrons. The number of carbonyl (C=O) groups excluding carboxylic acids is 1. The highest BCUT2D eigenvalue weighted by atomic mass is 16.1. The molecule has 2 heteroatoms. The Balaban J connectivity index is 0.00000144. The Hall–Kier alpha value is -1.31. The van der Waals surface area contributed by atoms with Gasteiger partial charge in [-0.3, -0.25) is 4.79 Å². The summed E-state index contributed by atoms with van der Waals surface area (Å²) >= 11 is 0. The van der Waals surface area contributed by atoms with E-state index >= 15 is 0 Å². The van der Waals surface area contributed by atoms with Crippen LogP contribution in [-0.2, 0) is 0 Å². The van der Waals surface area contributed by atoms with Crippen LogP contribution in [0.3, 0.4) is 0 Å². The molecule has 1 aromatic rings. The van der Waals surface area contributed by atoms with Crippen molar-refractivity contribution in [2.75, 3.05) is 12.4 Å². The third-order valence-electron chi connectivity index (χ3n) is 1.90. The Labute approximate surface area is 74.1 Å². The lowest BCUT2D eigenvalue weighted by atomic mass is 10.1. The molecule has 0 aliphatic heterocycles. The number of anilines is 1. The molecule has 0 saturated carbocycles. The van der Waals surface area contributed by atoms with E-state index in [1.54, 1.807) is 6.92 Å². The van der Waals surface area contributed by atoms with Crippen molar-refractivity contribution < 1.29 is 6.22 Å². The zero-order valence-corrected chi connectivity index (χ0v) is 7.64. The smallest absolute Gasteiger partial charge is 0.161 e. The van der Waals surface area contributed by atoms with Crippen LogP contribution in [0, 0.1) is 6.92 Å². The number of ketones is 1. The summed E-state index contributed by atoms with van der Waals surface area (Å²) in [6, 6.07) is 5.71. The molecule has 0 fully saturated rings. The fraction of sp³-hybridized carbons (Fsp3) is 0.300. The van der Waals surface area contributed by atoms with Gasteiger partial charge in [0.15, 0.2) is 5.78 Å². The van der Waals surface area contributed by atoms with Crippen LogP contribution in [0.15, 0.2) is 18.2 Å². The van der Waals surface area contributed by atoms with E-state index in [0.717, 1.165) is 16.8 Å². The van der Waals surface area contributed by atoms with Gasteiger partial charge in [-0.25, -0.2) is 0 Å². The van der Waals surface area contributed by atoms with Gasteiger partial charge in [0.25, 0.3) is 0 Å². The summed E-state index contributed by atoms with van der Waals surface area (Å²) in [4.78, 5) is 11.1. The van der Waals surface area contributed by atoms with E-state index in [9.17, 15) is 4.79 Å². The number of para-hydroxylation sites is 1. The highest BCUT2D eigenvalue weighted by Crippen LogP contribution is 2.19. The molecule has 0 aliphatic rings. The van der Waals surface area contributed by atoms with Gasteiger partial charge in [-0.2, -0.15) is 0 Å². The lowest BCUT2D eigenvalue weighted by molar-refractivity contribution is 0.101. The van der Waals surface area contributed by atoms with E-state index < -0.39 is 0 Å². The molecule has 0 amide bonds. The van der Waals surface area contributed by atoms with Crippen molar-refractivity contribution in [3.05, 3.63) is 29.3 Å². The minimum absolute atomic E-state index is 0. The van der Waals surface area contributed by atoms with Crippen LogP contribution in [0.5, 0.6) is 0 Å². The predicted molar refractivity (Wildman–Crippen MR) is 52.8 cm³/mol. The molecule has 0 aliphatic carbocycles. The third kappa shape index (κ3) is 1.47. The first-order valence-electron chi connectivity index (χ1n) is 3.95. The number of Topliss-reactive ketones (excluding diaryl/α,β-unsaturated/α-hetero) is 1. The first-order chi connectivity index (χ1) is 5.66. The summed E-state index contributed by atoms with van der Waals surface area (Å²) in [6.45, 7) is 3.56. The molecule has 0 saturated heterocycles. The molecule has 12 heavy (non-hydrogen) atoms. The molecule has 0 bridgehead atoms. The standard InChI is InChI=1S/C10H13NO.H2/c1-7-5-4-6-9(8(2)12)10(7)11-3;/h4-6,11H,1-3H3;1H. The van der Waals surface area contributed by atoms with Crippen molar-refractivity contribution in [1.29, 1.82) is 0 Å². The molecule has 0 unspecified atom stereocenters. The number of benzene rings is 1. The molecule has 1 N–H and O–H groups in total. The first kappa shape index (κ1) is 8.78. The van der Waals surface area contributed by atoms with E-state index in [1.165, 1.54) is 0 Å². The molecule has 1 rings (SSSR count). The summed E-state index contributed by atoms with van der Waals surface area (Å²) in [6.07, 6.45) is 0. The van der Waals surface area contributed by atoms with Crippen LogP contribution < -0.4 is 5.32 Å². The normalized spacial score (nSPS) is 9.58. The van der Waals surface area contributed by atoms with Crippen LogP contribution in [0.4, 0.5) is 5.69 Å². The molecule has 1 aromatic carbocycles. The number of aryl methyl sites for hydroxylation is 1. The number of hydrogen-bond donors (Lipinski definition) is 1. The quantitative estimate of drug-likeness (QED) is 0.682. The maximum absolute atomic E-state index is 11.1. The van der Waals surface area contributed by atoms with Gasteiger partial charge in [0.1, 0.15) is 0 Å². The number of rotatable bonds is 2. The van der Waals surface area contributed by atoms with Crippen molar-refractivity contribution in [2.24, 2.45) is 0 Å². The maximum atomic E-state index is 11.1. The van der Waals surface area contributed by atoms with Gasteiger partial charge < -0.3 is 5.32 Å². The van der Waals surface area contributed by atoms with Crippen molar-refractivity contribution in [3.8, 4) is 0 Å². The summed E-state index contributed by atoms with van der Waals surface area (Å²) < 4.78 is 0. The van der Waals surface area contributed by atoms with Crippen LogP contribution in [0.2, 0.25) is 0 Å². The fourth-order valence-electron chi connectivity index (χ4n) is 1.29. The number of hydrogen-bond acceptors (Lipinski definition) is 2. The number of carbonyl (C=O) groups is 1. The summed E-state index contributed by atoms with van der Waals surface area (Å²) in [5, 5.41) is 3.02. The van der Waals surface area contributed by atoms with Gasteiger partial charge in [0.05, 0.1) is 0 Å². The first-order valence-corrected chi connectivity index (χ1v) is 3.95. The van der Waals surface area contributed by atoms with Gasteiger partial charge in [0, 0.05) is 19.7 Å². The van der Waals surface area contributed by atoms with Gasteiger partial charge in [-0.15, -0.1) is 0 Å². The number of nitrogens with one attached hydrogen (secondary N) is 1. The van der Waals surface area contributed by atoms with Crippen LogP contribution in [0.25, 0.3) is 0 Å². The lowest BCUT2D eigenvalue weighted by Gasteiger charge is -2.08. The molecule has 2 nitrogen and oxygen atoms in total. The zero-order valence-electron chi connectivity index (χ0n) is 7.64. The van der Waals surface area contributed by atoms with Crippen molar-refractivity contribution in [1.82, 2.24) is 0 Å². The average molecular weight is 165 g/mol. The summed E-state index contributed by atoms with van der Waals surface area (Å²) in [5.74, 6) is 0.100. The highest BCUT2D eigenvalue weighted by molar-refractivity contribution is 6.00. The molecule has 0 atom stereocenters. The molecule has 66 valence electrons. The van der Waals surface area contributed by atoms with Gasteiger partial charge in [0.2, 0.25) is 0 Å². The molecule has 0 aromatic heterocycles. The molecule has 0 heterocycles. The maximum Gasteiger partial charge on any atom is 0.161 e. The third-order valence-corrected chi connectivity index (χ3v) is 1.90. The van der Waals surface area contributed by atoms with E-state index in [2.05, 4.69) is 5.32 Å². The van der Waals surface area contributed by atoms with E-state index in [1.807, 2.05) is 32.2 Å². The van der Waals surface area contributed by atoms with E-state index in [0.29, 0.717) is 0 Å². The lowest BCUT2D eigenvalue weighted by Crippen LogP contribution is -2.01. The van der Waals surface area contributed by atoms with Gasteiger partial charge >= 0.3 is 0 Å². The van der Waals surface area contributed by atoms with Crippen LogP contribution >= 0.6 is 0 Å². The Morgan fingerprint density at radius 3 is 2.58 bits per heavy atom. The average Bonchev–Trinajstić information content (AvgIpc) is 2.03. The Kier molecular flexibility index (Phi) is 2.48. The zero-order chi connectivity index (χ0) is 9.14. The monoisotopic (exact) mass is 165 g/mol. The molecular weight excluding hydrogens is 150 g/mol. The molecule has 0 spiro atoms. The van der Waals surface area contributed by atoms with Crippen molar-refractivity contribution in [2.45, 2.75) is 13.8 Å². The topological polar surface area (TPSA) is 29.1 Å².